The average Bonchev–Trinajstić information content (AvgIpc) is 3.25. The van der Waals surface area contributed by atoms with Gasteiger partial charge in [0, 0.05) is 13.0 Å². The molecule has 3 rings (SSSR count). The summed E-state index contributed by atoms with van der Waals surface area (Å²) in [4.78, 5) is 14.7. The first kappa shape index (κ1) is 15.9. The molecule has 1 aromatic carbocycles. The van der Waals surface area contributed by atoms with E-state index in [2.05, 4.69) is 12.2 Å². The lowest BCUT2D eigenvalue weighted by Gasteiger charge is -2.26. The Morgan fingerprint density at radius 2 is 2.04 bits per heavy atom. The van der Waals surface area contributed by atoms with Crippen molar-refractivity contribution in [3.8, 4) is 11.5 Å². The maximum Gasteiger partial charge on any atom is 0.223 e. The van der Waals surface area contributed by atoms with Gasteiger partial charge in [-0.25, -0.2) is 0 Å². The number of ether oxygens (including phenoxy) is 2. The summed E-state index contributed by atoms with van der Waals surface area (Å²) in [6.45, 7) is 0.855. The zero-order chi connectivity index (χ0) is 16.2. The number of hydrogen-bond donors (Lipinski definition) is 0. The topological polar surface area (TPSA) is 38.8 Å². The normalized spacial score (nSPS) is 23.3. The van der Waals surface area contributed by atoms with Crippen LogP contribution >= 0.6 is 0 Å². The second-order valence-electron chi connectivity index (χ2n) is 6.33. The van der Waals surface area contributed by atoms with Gasteiger partial charge in [0.15, 0.2) is 11.5 Å². The molecular formula is C19H25NO3. The van der Waals surface area contributed by atoms with Gasteiger partial charge in [-0.15, -0.1) is 0 Å². The Morgan fingerprint density at radius 1 is 1.22 bits per heavy atom. The van der Waals surface area contributed by atoms with Gasteiger partial charge in [0.25, 0.3) is 0 Å². The number of methoxy groups -OCH3 is 2. The zero-order valence-electron chi connectivity index (χ0n) is 14.0. The highest BCUT2D eigenvalue weighted by Crippen LogP contribution is 2.37. The van der Waals surface area contributed by atoms with Crippen LogP contribution in [0.15, 0.2) is 30.4 Å². The quantitative estimate of drug-likeness (QED) is 0.777. The van der Waals surface area contributed by atoms with Crippen LogP contribution in [0.3, 0.4) is 0 Å². The van der Waals surface area contributed by atoms with E-state index in [1.807, 2.05) is 23.1 Å². The van der Waals surface area contributed by atoms with Gasteiger partial charge in [-0.2, -0.15) is 0 Å². The molecule has 0 unspecified atom stereocenters. The molecule has 1 fully saturated rings. The molecule has 0 saturated carbocycles. The molecule has 2 atom stereocenters. The molecule has 4 nitrogen and oxygen atoms in total. The van der Waals surface area contributed by atoms with Gasteiger partial charge in [0.05, 0.1) is 20.3 Å². The van der Waals surface area contributed by atoms with Gasteiger partial charge in [0.2, 0.25) is 5.91 Å². The molecule has 1 heterocycles. The summed E-state index contributed by atoms with van der Waals surface area (Å²) in [6, 6.07) is 6.14. The Balaban J connectivity index is 1.75. The predicted molar refractivity (Wildman–Crippen MR) is 89.7 cm³/mol. The van der Waals surface area contributed by atoms with E-state index in [4.69, 9.17) is 9.47 Å². The van der Waals surface area contributed by atoms with Crippen molar-refractivity contribution in [3.63, 3.8) is 0 Å². The summed E-state index contributed by atoms with van der Waals surface area (Å²) in [6.07, 6.45) is 9.32. The maximum absolute atomic E-state index is 12.7. The summed E-state index contributed by atoms with van der Waals surface area (Å²) in [5.41, 5.74) is 1.13. The summed E-state index contributed by atoms with van der Waals surface area (Å²) in [5, 5.41) is 0. The van der Waals surface area contributed by atoms with Gasteiger partial charge in [0.1, 0.15) is 0 Å². The minimum atomic E-state index is 0.160. The lowest BCUT2D eigenvalue weighted by atomic mass is 10.0. The van der Waals surface area contributed by atoms with Crippen molar-refractivity contribution in [2.75, 3.05) is 20.8 Å². The van der Waals surface area contributed by atoms with Crippen LogP contribution < -0.4 is 9.47 Å². The summed E-state index contributed by atoms with van der Waals surface area (Å²) in [7, 11) is 3.28. The van der Waals surface area contributed by atoms with E-state index in [1.54, 1.807) is 14.2 Å². The Morgan fingerprint density at radius 3 is 2.74 bits per heavy atom. The monoisotopic (exact) mass is 315 g/mol. The van der Waals surface area contributed by atoms with Crippen molar-refractivity contribution in [1.82, 2.24) is 4.90 Å². The van der Waals surface area contributed by atoms with Crippen LogP contribution in [0.4, 0.5) is 0 Å². The van der Waals surface area contributed by atoms with E-state index in [0.29, 0.717) is 12.3 Å². The highest BCUT2D eigenvalue weighted by molar-refractivity contribution is 5.77. The first-order valence-electron chi connectivity index (χ1n) is 8.41. The first-order valence-corrected chi connectivity index (χ1v) is 8.41. The number of likely N-dealkylation sites (tertiary alicyclic amines) is 1. The fraction of sp³-hybridized carbons (Fsp3) is 0.526. The molecule has 0 N–H and O–H groups in total. The van der Waals surface area contributed by atoms with Crippen molar-refractivity contribution in [1.29, 1.82) is 0 Å². The van der Waals surface area contributed by atoms with Crippen molar-refractivity contribution < 1.29 is 14.3 Å². The van der Waals surface area contributed by atoms with E-state index in [9.17, 15) is 4.79 Å². The molecule has 1 amide bonds. The Kier molecular flexibility index (Phi) is 4.89. The molecule has 0 spiro atoms. The minimum absolute atomic E-state index is 0.160. The summed E-state index contributed by atoms with van der Waals surface area (Å²) in [5.74, 6) is 2.15. The van der Waals surface area contributed by atoms with Crippen LogP contribution in [0, 0.1) is 5.92 Å². The summed E-state index contributed by atoms with van der Waals surface area (Å²) >= 11 is 0. The van der Waals surface area contributed by atoms with Gasteiger partial charge in [-0.05, 0) is 49.3 Å². The van der Waals surface area contributed by atoms with Crippen LogP contribution in [0.1, 0.15) is 43.7 Å². The van der Waals surface area contributed by atoms with Gasteiger partial charge in [-0.3, -0.25) is 4.79 Å². The number of carbonyl (C=O) groups excluding carboxylic acids is 1. The van der Waals surface area contributed by atoms with Crippen molar-refractivity contribution in [3.05, 3.63) is 35.9 Å². The number of rotatable bonds is 5. The fourth-order valence-corrected chi connectivity index (χ4v) is 3.68. The molecule has 1 aliphatic carbocycles. The Bertz CT molecular complexity index is 596. The third-order valence-corrected chi connectivity index (χ3v) is 4.91. The lowest BCUT2D eigenvalue weighted by molar-refractivity contribution is -0.132. The van der Waals surface area contributed by atoms with Gasteiger partial charge < -0.3 is 14.4 Å². The second kappa shape index (κ2) is 7.07. The van der Waals surface area contributed by atoms with E-state index >= 15 is 0 Å². The number of nitrogens with zero attached hydrogens (tertiary/aromatic N) is 1. The number of hydrogen-bond acceptors (Lipinski definition) is 3. The van der Waals surface area contributed by atoms with E-state index < -0.39 is 0 Å². The molecule has 2 aliphatic rings. The summed E-state index contributed by atoms with van der Waals surface area (Å²) < 4.78 is 10.7. The van der Waals surface area contributed by atoms with E-state index in [1.165, 1.54) is 0 Å². The first-order chi connectivity index (χ1) is 11.2. The third-order valence-electron chi connectivity index (χ3n) is 4.91. The largest absolute Gasteiger partial charge is 0.493 e. The molecule has 1 saturated heterocycles. The Hall–Kier alpha value is -1.97. The zero-order valence-corrected chi connectivity index (χ0v) is 14.0. The number of allylic oxidation sites excluding steroid dienone is 2. The van der Waals surface area contributed by atoms with Crippen molar-refractivity contribution >= 4 is 5.91 Å². The van der Waals surface area contributed by atoms with Crippen LogP contribution in [0.25, 0.3) is 0 Å². The SMILES string of the molecule is COc1ccc([C@H]2CCCN2C(=O)C[C@H]2C=CCC2)cc1OC. The molecule has 1 aromatic rings. The minimum Gasteiger partial charge on any atom is -0.493 e. The van der Waals surface area contributed by atoms with Crippen LogP contribution in [0.2, 0.25) is 0 Å². The predicted octanol–water partition coefficient (Wildman–Crippen LogP) is 3.72. The molecule has 124 valence electrons. The number of benzene rings is 1. The second-order valence-corrected chi connectivity index (χ2v) is 6.33. The standard InChI is InChI=1S/C19H25NO3/c1-22-17-10-9-15(13-18(17)23-2)16-8-5-11-20(16)19(21)12-14-6-3-4-7-14/h3,6,9-10,13-14,16H,4-5,7-8,11-12H2,1-2H3/t14-,16+/m0/s1. The molecule has 1 aliphatic heterocycles. The highest BCUT2D eigenvalue weighted by Gasteiger charge is 2.31. The highest BCUT2D eigenvalue weighted by atomic mass is 16.5. The lowest BCUT2D eigenvalue weighted by Crippen LogP contribution is -2.31. The number of amides is 1. The molecule has 23 heavy (non-hydrogen) atoms. The van der Waals surface area contributed by atoms with Crippen LogP contribution in [-0.4, -0.2) is 31.6 Å². The fourth-order valence-electron chi connectivity index (χ4n) is 3.68. The molecule has 0 aromatic heterocycles. The smallest absolute Gasteiger partial charge is 0.223 e. The Labute approximate surface area is 138 Å². The van der Waals surface area contributed by atoms with Crippen molar-refractivity contribution in [2.24, 2.45) is 5.92 Å². The van der Waals surface area contributed by atoms with E-state index in [0.717, 1.165) is 49.3 Å². The maximum atomic E-state index is 12.7. The molecular weight excluding hydrogens is 290 g/mol. The molecule has 4 heteroatoms. The van der Waals surface area contributed by atoms with Crippen LogP contribution in [-0.2, 0) is 4.79 Å². The number of carbonyl (C=O) groups is 1. The molecule has 0 bridgehead atoms. The van der Waals surface area contributed by atoms with Crippen LogP contribution in [0.5, 0.6) is 11.5 Å². The molecule has 0 radical (unpaired) electrons. The third kappa shape index (κ3) is 3.36. The van der Waals surface area contributed by atoms with Crippen molar-refractivity contribution in [2.45, 2.75) is 38.1 Å². The van der Waals surface area contributed by atoms with E-state index in [-0.39, 0.29) is 11.9 Å². The van der Waals surface area contributed by atoms with Gasteiger partial charge >= 0.3 is 0 Å². The average molecular weight is 315 g/mol. The van der Waals surface area contributed by atoms with Gasteiger partial charge in [-0.1, -0.05) is 18.2 Å².